The Morgan fingerprint density at radius 2 is 1.56 bits per heavy atom. The number of fused-ring (bicyclic) bond motifs is 2. The van der Waals surface area contributed by atoms with Crippen molar-refractivity contribution in [2.24, 2.45) is 0 Å². The van der Waals surface area contributed by atoms with Gasteiger partial charge in [-0.3, -0.25) is 10.2 Å². The van der Waals surface area contributed by atoms with Crippen LogP contribution in [0.5, 0.6) is 5.75 Å². The summed E-state index contributed by atoms with van der Waals surface area (Å²) in [6.45, 7) is 5.02. The average molecular weight is 586 g/mol. The molecule has 0 spiro atoms. The smallest absolute Gasteiger partial charge is 0.169 e. The number of aromatic hydroxyl groups is 1. The molecular weight excluding hydrogens is 542 g/mol. The molecule has 0 radical (unpaired) electrons. The summed E-state index contributed by atoms with van der Waals surface area (Å²) >= 11 is 0. The van der Waals surface area contributed by atoms with E-state index in [1.165, 1.54) is 12.8 Å². The highest BCUT2D eigenvalue weighted by Crippen LogP contribution is 2.39. The fourth-order valence-corrected chi connectivity index (χ4v) is 7.60. The van der Waals surface area contributed by atoms with Crippen LogP contribution in [0, 0.1) is 0 Å². The van der Waals surface area contributed by atoms with Gasteiger partial charge in [-0.1, -0.05) is 12.1 Å². The van der Waals surface area contributed by atoms with Crippen molar-refractivity contribution in [2.45, 2.75) is 94.0 Å². The first kappa shape index (κ1) is 28.9. The van der Waals surface area contributed by atoms with Crippen LogP contribution in [0.4, 0.5) is 11.5 Å². The molecule has 5 heterocycles. The van der Waals surface area contributed by atoms with E-state index in [1.54, 1.807) is 6.07 Å². The van der Waals surface area contributed by atoms with Crippen LogP contribution in [0.3, 0.4) is 0 Å². The van der Waals surface area contributed by atoms with Crippen molar-refractivity contribution in [3.63, 3.8) is 0 Å². The molecule has 41 heavy (non-hydrogen) atoms. The zero-order valence-electron chi connectivity index (χ0n) is 23.7. The molecule has 5 N–H and O–H groups in total. The number of ether oxygens (including phenoxy) is 2. The normalized spacial score (nSPS) is 32.3. The number of para-hydroxylation sites is 1. The van der Waals surface area contributed by atoms with Crippen molar-refractivity contribution < 1.29 is 14.6 Å². The van der Waals surface area contributed by atoms with Gasteiger partial charge in [-0.05, 0) is 69.9 Å². The number of piperidine rings is 2. The van der Waals surface area contributed by atoms with Gasteiger partial charge < -0.3 is 30.5 Å². The number of aromatic nitrogens is 2. The fourth-order valence-electron chi connectivity index (χ4n) is 7.60. The summed E-state index contributed by atoms with van der Waals surface area (Å²) in [5.41, 5.74) is 8.58. The number of anilines is 2. The van der Waals surface area contributed by atoms with Gasteiger partial charge in [0.25, 0.3) is 0 Å². The molecule has 1 aromatic carbocycles. The van der Waals surface area contributed by atoms with Gasteiger partial charge in [-0.15, -0.1) is 22.6 Å². The molecule has 4 atom stereocenters. The predicted octanol–water partition coefficient (Wildman–Crippen LogP) is 2.90. The van der Waals surface area contributed by atoms with Crippen LogP contribution in [0.1, 0.15) is 51.4 Å². The molecular formula is C30H44ClN7O3. The highest BCUT2D eigenvalue weighted by atomic mass is 35.5. The minimum atomic E-state index is 0. The Balaban J connectivity index is 0.00000302. The van der Waals surface area contributed by atoms with E-state index in [2.05, 4.69) is 30.6 Å². The lowest BCUT2D eigenvalue weighted by Crippen LogP contribution is -2.60. The molecule has 0 amide bonds. The van der Waals surface area contributed by atoms with E-state index >= 15 is 0 Å². The molecule has 5 fully saturated rings. The third-order valence-electron chi connectivity index (χ3n) is 9.70. The molecule has 4 unspecified atom stereocenters. The summed E-state index contributed by atoms with van der Waals surface area (Å²) in [4.78, 5) is 5.19. The van der Waals surface area contributed by atoms with Gasteiger partial charge >= 0.3 is 0 Å². The first-order valence-electron chi connectivity index (χ1n) is 15.3. The van der Waals surface area contributed by atoms with Gasteiger partial charge in [0, 0.05) is 56.0 Å². The molecule has 1 saturated carbocycles. The van der Waals surface area contributed by atoms with Gasteiger partial charge in [0.2, 0.25) is 0 Å². The third kappa shape index (κ3) is 6.14. The highest BCUT2D eigenvalue weighted by molar-refractivity contribution is 5.85. The Bertz CT molecular complexity index is 1160. The van der Waals surface area contributed by atoms with Crippen LogP contribution in [-0.4, -0.2) is 95.6 Å². The van der Waals surface area contributed by atoms with Gasteiger partial charge in [-0.25, -0.2) is 0 Å². The summed E-state index contributed by atoms with van der Waals surface area (Å²) in [5, 5.41) is 25.9. The quantitative estimate of drug-likeness (QED) is 0.386. The maximum atomic E-state index is 10.3. The van der Waals surface area contributed by atoms with E-state index in [0.29, 0.717) is 53.5 Å². The Hall–Kier alpha value is -2.21. The molecule has 2 aromatic rings. The zero-order chi connectivity index (χ0) is 27.1. The number of hydrogen-bond acceptors (Lipinski definition) is 10. The summed E-state index contributed by atoms with van der Waals surface area (Å²) in [7, 11) is 0. The molecule has 4 aliphatic heterocycles. The van der Waals surface area contributed by atoms with Crippen LogP contribution in [0.2, 0.25) is 0 Å². The second kappa shape index (κ2) is 12.6. The molecule has 1 aliphatic carbocycles. The molecule has 7 rings (SSSR count). The average Bonchev–Trinajstić information content (AvgIpc) is 3.22. The lowest BCUT2D eigenvalue weighted by atomic mass is 9.91. The SMILES string of the molecule is Cl.Nc1nnc(-c2ccccc2O)cc1N1CC2CCC(C1)N2C1CCNC(OC2CC(OC3CCNCC3)C2)C1. The first-order valence-corrected chi connectivity index (χ1v) is 15.3. The second-order valence-electron chi connectivity index (χ2n) is 12.3. The number of halogens is 1. The topological polar surface area (TPSA) is 121 Å². The van der Waals surface area contributed by atoms with Gasteiger partial charge in [-0.2, -0.15) is 0 Å². The summed E-state index contributed by atoms with van der Waals surface area (Å²) in [6, 6.07) is 10.8. The van der Waals surface area contributed by atoms with Crippen LogP contribution in [0.25, 0.3) is 11.3 Å². The number of nitrogens with one attached hydrogen (secondary N) is 2. The number of nitrogens with two attached hydrogens (primary N) is 1. The molecule has 4 saturated heterocycles. The number of nitrogens with zero attached hydrogens (tertiary/aromatic N) is 4. The van der Waals surface area contributed by atoms with Crippen molar-refractivity contribution >= 4 is 23.9 Å². The Labute approximate surface area is 248 Å². The second-order valence-corrected chi connectivity index (χ2v) is 12.3. The van der Waals surface area contributed by atoms with Gasteiger partial charge in [0.15, 0.2) is 5.82 Å². The minimum absolute atomic E-state index is 0. The van der Waals surface area contributed by atoms with Gasteiger partial charge in [0.1, 0.15) is 12.0 Å². The maximum Gasteiger partial charge on any atom is 0.169 e. The van der Waals surface area contributed by atoms with E-state index in [1.807, 2.05) is 24.3 Å². The maximum absolute atomic E-state index is 10.3. The molecule has 11 heteroatoms. The van der Waals surface area contributed by atoms with E-state index in [-0.39, 0.29) is 24.4 Å². The van der Waals surface area contributed by atoms with E-state index in [9.17, 15) is 5.11 Å². The number of nitrogen functional groups attached to an aromatic ring is 1. The Kier molecular flexibility index (Phi) is 8.86. The van der Waals surface area contributed by atoms with Crippen molar-refractivity contribution in [1.29, 1.82) is 0 Å². The third-order valence-corrected chi connectivity index (χ3v) is 9.70. The van der Waals surface area contributed by atoms with Gasteiger partial charge in [0.05, 0.1) is 29.7 Å². The highest BCUT2D eigenvalue weighted by Gasteiger charge is 2.45. The summed E-state index contributed by atoms with van der Waals surface area (Å²) < 4.78 is 12.8. The first-order chi connectivity index (χ1) is 19.6. The van der Waals surface area contributed by atoms with Crippen LogP contribution in [-0.2, 0) is 9.47 Å². The van der Waals surface area contributed by atoms with Crippen molar-refractivity contribution in [3.8, 4) is 17.0 Å². The van der Waals surface area contributed by atoms with Crippen molar-refractivity contribution in [2.75, 3.05) is 43.4 Å². The number of piperazine rings is 1. The van der Waals surface area contributed by atoms with E-state index < -0.39 is 0 Å². The fraction of sp³-hybridized carbons (Fsp3) is 0.667. The van der Waals surface area contributed by atoms with E-state index in [0.717, 1.165) is 76.9 Å². The molecule has 10 nitrogen and oxygen atoms in total. The Morgan fingerprint density at radius 1 is 0.829 bits per heavy atom. The summed E-state index contributed by atoms with van der Waals surface area (Å²) in [5.74, 6) is 0.650. The number of rotatable bonds is 7. The number of phenolic OH excluding ortho intramolecular Hbond substituents is 1. The number of phenols is 1. The zero-order valence-corrected chi connectivity index (χ0v) is 24.5. The molecule has 1 aromatic heterocycles. The number of benzene rings is 1. The monoisotopic (exact) mass is 585 g/mol. The van der Waals surface area contributed by atoms with Crippen LogP contribution < -0.4 is 21.3 Å². The summed E-state index contributed by atoms with van der Waals surface area (Å²) in [6.07, 6.45) is 10.2. The largest absolute Gasteiger partial charge is 0.507 e. The Morgan fingerprint density at radius 3 is 2.32 bits per heavy atom. The molecule has 224 valence electrons. The minimum Gasteiger partial charge on any atom is -0.507 e. The predicted molar refractivity (Wildman–Crippen MR) is 161 cm³/mol. The van der Waals surface area contributed by atoms with Crippen LogP contribution >= 0.6 is 12.4 Å². The molecule has 2 bridgehead atoms. The lowest BCUT2D eigenvalue weighted by molar-refractivity contribution is -0.160. The number of hydrogen-bond donors (Lipinski definition) is 4. The van der Waals surface area contributed by atoms with Crippen LogP contribution in [0.15, 0.2) is 30.3 Å². The molecule has 5 aliphatic rings. The van der Waals surface area contributed by atoms with Crippen molar-refractivity contribution in [3.05, 3.63) is 30.3 Å². The van der Waals surface area contributed by atoms with E-state index in [4.69, 9.17) is 15.2 Å². The lowest BCUT2D eigenvalue weighted by Gasteiger charge is -2.48. The standard InChI is InChI=1S/C30H43N7O3.ClH/c31-30-27(16-26(34-35-30)25-3-1-2-4-28(25)38)36-17-20-5-6-21(18-36)37(20)19-7-12-33-29(13-19)40-24-14-23(15-24)39-22-8-10-32-11-9-22;/h1-4,16,19-24,29,32-33,38H,5-15,17-18H2,(H2,31,35);1H. The van der Waals surface area contributed by atoms with Crippen molar-refractivity contribution in [1.82, 2.24) is 25.7 Å².